The van der Waals surface area contributed by atoms with Gasteiger partial charge in [0.1, 0.15) is 5.82 Å². The van der Waals surface area contributed by atoms with Crippen LogP contribution in [0.15, 0.2) is 24.3 Å². The lowest BCUT2D eigenvalue weighted by Gasteiger charge is -2.30. The van der Waals surface area contributed by atoms with E-state index in [4.69, 9.17) is 23.2 Å². The number of benzene rings is 1. The minimum Gasteiger partial charge on any atom is -0.207 e. The summed E-state index contributed by atoms with van der Waals surface area (Å²) in [4.78, 5) is 0. The van der Waals surface area contributed by atoms with Gasteiger partial charge in [-0.15, -0.1) is 23.2 Å². The monoisotopic (exact) mass is 334 g/mol. The Kier molecular flexibility index (Phi) is 6.27. The maximum Gasteiger partial charge on any atom is 0.441 e. The van der Waals surface area contributed by atoms with Crippen LogP contribution in [0.1, 0.15) is 12.0 Å². The van der Waals surface area contributed by atoms with Gasteiger partial charge < -0.3 is 0 Å². The van der Waals surface area contributed by atoms with Crippen LogP contribution < -0.4 is 0 Å². The van der Waals surface area contributed by atoms with Crippen LogP contribution in [0.2, 0.25) is 0 Å². The van der Waals surface area contributed by atoms with Crippen LogP contribution >= 0.6 is 35.0 Å². The molecule has 0 atom stereocenters. The predicted molar refractivity (Wildman–Crippen MR) is 72.6 cm³/mol. The molecule has 1 aromatic carbocycles. The van der Waals surface area contributed by atoms with Gasteiger partial charge in [0.05, 0.1) is 0 Å². The maximum absolute atomic E-state index is 13.8. The molecule has 1 rings (SSSR count). The fraction of sp³-hybridized carbons (Fsp3) is 0.500. The van der Waals surface area contributed by atoms with Crippen LogP contribution in [0.3, 0.4) is 0 Å². The summed E-state index contributed by atoms with van der Waals surface area (Å²) in [6.45, 7) is 0. The summed E-state index contributed by atoms with van der Waals surface area (Å²) >= 11 is 11.5. The smallest absolute Gasteiger partial charge is 0.207 e. The molecular formula is C12H12Cl2F4S. The zero-order valence-electron chi connectivity index (χ0n) is 9.81. The van der Waals surface area contributed by atoms with Crippen molar-refractivity contribution < 1.29 is 17.6 Å². The summed E-state index contributed by atoms with van der Waals surface area (Å²) in [6.07, 6.45) is 0.0606. The summed E-state index contributed by atoms with van der Waals surface area (Å²) in [5, 5.41) is 0. The summed E-state index contributed by atoms with van der Waals surface area (Å²) in [7, 11) is 0. The normalized spacial score (nSPS) is 12.7. The molecule has 0 bridgehead atoms. The molecule has 0 saturated heterocycles. The molecule has 0 aliphatic heterocycles. The molecule has 0 aliphatic carbocycles. The Balaban J connectivity index is 2.89. The lowest BCUT2D eigenvalue weighted by molar-refractivity contribution is -0.0328. The van der Waals surface area contributed by atoms with Crippen molar-refractivity contribution in [3.8, 4) is 0 Å². The Morgan fingerprint density at radius 3 is 2.11 bits per heavy atom. The number of hydrogen-bond donors (Lipinski definition) is 0. The van der Waals surface area contributed by atoms with Crippen molar-refractivity contribution in [3.63, 3.8) is 0 Å². The van der Waals surface area contributed by atoms with Crippen LogP contribution in [0.4, 0.5) is 17.6 Å². The number of rotatable bonds is 6. The summed E-state index contributed by atoms with van der Waals surface area (Å²) in [6, 6.07) is 5.89. The van der Waals surface area contributed by atoms with E-state index in [1.54, 1.807) is 6.07 Å². The lowest BCUT2D eigenvalue weighted by atomic mass is 9.81. The largest absolute Gasteiger partial charge is 0.441 e. The molecule has 0 radical (unpaired) electrons. The third-order valence-electron chi connectivity index (χ3n) is 2.80. The van der Waals surface area contributed by atoms with Crippen molar-refractivity contribution in [1.82, 2.24) is 0 Å². The first-order valence-electron chi connectivity index (χ1n) is 5.42. The molecule has 19 heavy (non-hydrogen) atoms. The van der Waals surface area contributed by atoms with E-state index in [0.717, 1.165) is 0 Å². The van der Waals surface area contributed by atoms with Crippen molar-refractivity contribution in [2.45, 2.75) is 17.3 Å². The zero-order chi connectivity index (χ0) is 14.5. The second kappa shape index (κ2) is 7.04. The minimum atomic E-state index is -4.31. The van der Waals surface area contributed by atoms with Gasteiger partial charge in [0, 0.05) is 22.9 Å². The Morgan fingerprint density at radius 2 is 1.63 bits per heavy atom. The highest BCUT2D eigenvalue weighted by Crippen LogP contribution is 2.37. The number of alkyl halides is 5. The van der Waals surface area contributed by atoms with E-state index < -0.39 is 16.7 Å². The fourth-order valence-corrected chi connectivity index (χ4v) is 3.27. The van der Waals surface area contributed by atoms with Gasteiger partial charge in [-0.05, 0) is 18.1 Å². The van der Waals surface area contributed by atoms with E-state index in [0.29, 0.717) is 0 Å². The molecule has 108 valence electrons. The first-order valence-corrected chi connectivity index (χ1v) is 7.48. The molecule has 0 fully saturated rings. The predicted octanol–water partition coefficient (Wildman–Crippen LogP) is 5.18. The summed E-state index contributed by atoms with van der Waals surface area (Å²) in [5.41, 5.74) is -5.02. The highest BCUT2D eigenvalue weighted by molar-refractivity contribution is 8.00. The molecule has 0 N–H and O–H groups in total. The van der Waals surface area contributed by atoms with Gasteiger partial charge in [-0.3, -0.25) is 0 Å². The van der Waals surface area contributed by atoms with Gasteiger partial charge in [-0.2, -0.15) is 13.2 Å². The highest BCUT2D eigenvalue weighted by atomic mass is 35.5. The zero-order valence-corrected chi connectivity index (χ0v) is 12.1. The third-order valence-corrected chi connectivity index (χ3v) is 4.56. The van der Waals surface area contributed by atoms with Crippen molar-refractivity contribution in [2.24, 2.45) is 0 Å². The van der Waals surface area contributed by atoms with Crippen molar-refractivity contribution in [1.29, 1.82) is 0 Å². The van der Waals surface area contributed by atoms with Crippen molar-refractivity contribution in [3.05, 3.63) is 35.6 Å². The molecule has 0 amide bonds. The number of thioether (sulfide) groups is 1. The molecule has 1 aromatic rings. The van der Waals surface area contributed by atoms with Gasteiger partial charge >= 0.3 is 5.51 Å². The van der Waals surface area contributed by atoms with E-state index in [1.165, 1.54) is 18.2 Å². The molecule has 0 unspecified atom stereocenters. The van der Waals surface area contributed by atoms with Crippen molar-refractivity contribution >= 4 is 35.0 Å². The fourth-order valence-electron chi connectivity index (χ4n) is 1.70. The summed E-state index contributed by atoms with van der Waals surface area (Å²) in [5.74, 6) is -0.774. The van der Waals surface area contributed by atoms with Gasteiger partial charge in [0.25, 0.3) is 0 Å². The van der Waals surface area contributed by atoms with E-state index in [1.807, 2.05) is 0 Å². The van der Waals surface area contributed by atoms with E-state index in [2.05, 4.69) is 0 Å². The molecule has 7 heteroatoms. The first kappa shape index (κ1) is 16.9. The molecule has 0 aromatic heterocycles. The molecule has 0 nitrogen and oxygen atoms in total. The molecule has 0 heterocycles. The molecule has 0 aliphatic rings. The van der Waals surface area contributed by atoms with E-state index in [-0.39, 0.29) is 41.3 Å². The Morgan fingerprint density at radius 1 is 1.05 bits per heavy atom. The van der Waals surface area contributed by atoms with Crippen molar-refractivity contribution in [2.75, 3.05) is 17.5 Å². The standard InChI is InChI=1S/C12H12Cl2F4S/c13-7-11(8-14,5-6-19-12(16,17)18)9-3-1-2-4-10(9)15/h1-4H,5-8H2. The van der Waals surface area contributed by atoms with Crippen LogP contribution in [0.25, 0.3) is 0 Å². The Bertz CT molecular complexity index is 405. The lowest BCUT2D eigenvalue weighted by Crippen LogP contribution is -2.33. The molecule has 0 spiro atoms. The summed E-state index contributed by atoms with van der Waals surface area (Å²) < 4.78 is 50.2. The van der Waals surface area contributed by atoms with Gasteiger partial charge in [0.2, 0.25) is 0 Å². The van der Waals surface area contributed by atoms with Crippen LogP contribution in [0.5, 0.6) is 0 Å². The molecular weight excluding hydrogens is 323 g/mol. The first-order chi connectivity index (χ1) is 8.84. The topological polar surface area (TPSA) is 0 Å². The quantitative estimate of drug-likeness (QED) is 0.510. The number of hydrogen-bond acceptors (Lipinski definition) is 1. The van der Waals surface area contributed by atoms with Gasteiger partial charge in [0.15, 0.2) is 0 Å². The van der Waals surface area contributed by atoms with Crippen LogP contribution in [-0.4, -0.2) is 23.0 Å². The maximum atomic E-state index is 13.8. The van der Waals surface area contributed by atoms with E-state index in [9.17, 15) is 17.6 Å². The van der Waals surface area contributed by atoms with Crippen LogP contribution in [0, 0.1) is 5.82 Å². The Labute approximate surface area is 123 Å². The minimum absolute atomic E-state index is 0.0319. The number of halogens is 6. The van der Waals surface area contributed by atoms with Gasteiger partial charge in [-0.1, -0.05) is 30.0 Å². The SMILES string of the molecule is Fc1ccccc1C(CCl)(CCl)CCSC(F)(F)F. The third kappa shape index (κ3) is 4.72. The van der Waals surface area contributed by atoms with Crippen LogP contribution in [-0.2, 0) is 5.41 Å². The second-order valence-corrected chi connectivity index (χ2v) is 5.77. The Hall–Kier alpha value is -0.130. The van der Waals surface area contributed by atoms with E-state index >= 15 is 0 Å². The average molecular weight is 335 g/mol. The average Bonchev–Trinajstić information content (AvgIpc) is 2.35. The second-order valence-electron chi connectivity index (χ2n) is 4.07. The molecule has 0 saturated carbocycles. The van der Waals surface area contributed by atoms with Gasteiger partial charge in [-0.25, -0.2) is 4.39 Å². The highest BCUT2D eigenvalue weighted by Gasteiger charge is 2.35.